The summed E-state index contributed by atoms with van der Waals surface area (Å²) in [6.07, 6.45) is 10.8. The second kappa shape index (κ2) is 12.8. The number of pyridine rings is 2. The van der Waals surface area contributed by atoms with E-state index in [1.165, 1.54) is 44.5 Å². The van der Waals surface area contributed by atoms with Gasteiger partial charge in [-0.2, -0.15) is 0 Å². The van der Waals surface area contributed by atoms with Crippen LogP contribution in [0, 0.1) is 18.3 Å². The zero-order valence-corrected chi connectivity index (χ0v) is 28.5. The van der Waals surface area contributed by atoms with Gasteiger partial charge in [-0.05, 0) is 113 Å². The van der Waals surface area contributed by atoms with Gasteiger partial charge in [-0.25, -0.2) is 4.98 Å². The number of likely N-dealkylation sites (tertiary alicyclic amines) is 1. The van der Waals surface area contributed by atoms with E-state index in [1.54, 1.807) is 12.4 Å². The fourth-order valence-corrected chi connectivity index (χ4v) is 8.26. The Morgan fingerprint density at radius 1 is 0.979 bits per heavy atom. The number of hydrogen-bond donors (Lipinski definition) is 1. The molecule has 4 aliphatic rings. The lowest BCUT2D eigenvalue weighted by Gasteiger charge is -2.51. The highest BCUT2D eigenvalue weighted by Gasteiger charge is 2.42. The Labute approximate surface area is 282 Å². The highest BCUT2D eigenvalue weighted by molar-refractivity contribution is 6.05. The maximum Gasteiger partial charge on any atom is 0.258 e. The van der Waals surface area contributed by atoms with E-state index in [9.17, 15) is 4.79 Å². The van der Waals surface area contributed by atoms with Crippen molar-refractivity contribution in [2.75, 3.05) is 49.6 Å². The number of nitrogens with zero attached hydrogens (tertiary/aromatic N) is 6. The van der Waals surface area contributed by atoms with E-state index in [4.69, 9.17) is 19.4 Å². The number of aromatic nitrogens is 4. The number of benzene rings is 1. The zero-order valence-electron chi connectivity index (χ0n) is 28.5. The van der Waals surface area contributed by atoms with E-state index < -0.39 is 0 Å². The van der Waals surface area contributed by atoms with Crippen LogP contribution in [0.25, 0.3) is 22.3 Å². The molecule has 4 aromatic rings. The van der Waals surface area contributed by atoms with E-state index in [-0.39, 0.29) is 5.91 Å². The Morgan fingerprint density at radius 3 is 2.56 bits per heavy atom. The maximum atomic E-state index is 13.8. The van der Waals surface area contributed by atoms with Gasteiger partial charge in [0.05, 0.1) is 47.7 Å². The second-order valence-corrected chi connectivity index (χ2v) is 14.7. The van der Waals surface area contributed by atoms with Crippen molar-refractivity contribution in [2.45, 2.75) is 78.0 Å². The molecule has 2 bridgehead atoms. The molecule has 3 aromatic heterocycles. The number of fused-ring (bicyclic) bond motifs is 7. The first-order valence-corrected chi connectivity index (χ1v) is 17.8. The van der Waals surface area contributed by atoms with Gasteiger partial charge in [0.25, 0.3) is 5.91 Å². The normalized spacial score (nSPS) is 24.9. The van der Waals surface area contributed by atoms with E-state index >= 15 is 0 Å². The van der Waals surface area contributed by atoms with E-state index in [1.807, 2.05) is 25.1 Å². The van der Waals surface area contributed by atoms with Crippen LogP contribution in [0.1, 0.15) is 68.4 Å². The van der Waals surface area contributed by atoms with Gasteiger partial charge in [0.2, 0.25) is 5.95 Å². The van der Waals surface area contributed by atoms with Crippen LogP contribution in [-0.4, -0.2) is 81.9 Å². The molecule has 0 aliphatic carbocycles. The van der Waals surface area contributed by atoms with Crippen molar-refractivity contribution in [3.05, 3.63) is 60.0 Å². The summed E-state index contributed by atoms with van der Waals surface area (Å²) >= 11 is 0. The van der Waals surface area contributed by atoms with Crippen molar-refractivity contribution < 1.29 is 14.3 Å². The lowest BCUT2D eigenvalue weighted by atomic mass is 9.71. The van der Waals surface area contributed by atoms with Gasteiger partial charge in [-0.3, -0.25) is 25.0 Å². The van der Waals surface area contributed by atoms with Gasteiger partial charge in [0.15, 0.2) is 0 Å². The topological polar surface area (TPSA) is 97.6 Å². The van der Waals surface area contributed by atoms with Crippen molar-refractivity contribution in [2.24, 2.45) is 11.3 Å². The van der Waals surface area contributed by atoms with Crippen LogP contribution < -0.4 is 15.0 Å². The Balaban J connectivity index is 1.04. The molecule has 1 N–H and O–H groups in total. The number of imidazole rings is 1. The number of aryl methyl sites for hydroxylation is 1. The summed E-state index contributed by atoms with van der Waals surface area (Å²) in [5.74, 6) is 1.46. The first-order chi connectivity index (χ1) is 23.3. The highest BCUT2D eigenvalue weighted by Crippen LogP contribution is 2.43. The fraction of sp³-hybridized carbons (Fsp3) is 0.526. The molecular formula is C38H47N7O3. The SMILES string of the molecule is Cc1cc2cc(n1)-c1cnccc1OCCC[C@@H](C)Cn1c(nc3ccc(N4CCC5(CC4)CCN(C4COC4C)CC5)cc31)NC2=O. The minimum Gasteiger partial charge on any atom is -0.493 e. The van der Waals surface area contributed by atoms with Crippen LogP contribution in [0.4, 0.5) is 11.6 Å². The van der Waals surface area contributed by atoms with Crippen molar-refractivity contribution in [1.82, 2.24) is 24.4 Å². The predicted molar refractivity (Wildman–Crippen MR) is 188 cm³/mol. The van der Waals surface area contributed by atoms with Gasteiger partial charge < -0.3 is 18.9 Å². The van der Waals surface area contributed by atoms with E-state index in [0.717, 1.165) is 67.1 Å². The molecule has 48 heavy (non-hydrogen) atoms. The lowest BCUT2D eigenvalue weighted by Crippen LogP contribution is -2.58. The molecule has 4 aliphatic heterocycles. The number of hydrogen-bond acceptors (Lipinski definition) is 8. The summed E-state index contributed by atoms with van der Waals surface area (Å²) in [6, 6.07) is 12.7. The summed E-state index contributed by atoms with van der Waals surface area (Å²) in [5.41, 5.74) is 6.39. The molecule has 10 nitrogen and oxygen atoms in total. The van der Waals surface area contributed by atoms with Crippen LogP contribution in [0.3, 0.4) is 0 Å². The highest BCUT2D eigenvalue weighted by atomic mass is 16.5. The Hall–Kier alpha value is -4.02. The summed E-state index contributed by atoms with van der Waals surface area (Å²) in [7, 11) is 0. The van der Waals surface area contributed by atoms with Crippen molar-refractivity contribution in [1.29, 1.82) is 0 Å². The average molecular weight is 650 g/mol. The molecule has 3 saturated heterocycles. The summed E-state index contributed by atoms with van der Waals surface area (Å²) in [4.78, 5) is 33.0. The first-order valence-electron chi connectivity index (χ1n) is 17.8. The minimum atomic E-state index is -0.209. The standard InChI is InChI=1S/C38H47N7O3/c1-25-5-4-18-47-35-8-13-39-22-30(35)32-20-28(19-26(2)40-32)36(46)42-37-41-31-7-6-29(21-33(31)45(37)23-25)43-14-9-38(10-15-43)11-16-44(17-12-38)34-24-48-27(34)3/h6-8,13,19-22,25,27,34H,4-5,9-12,14-18,23-24H2,1-3H3,(H,41,42,46)/t25-,27?,34?/m1/s1. The average Bonchev–Trinajstić information content (AvgIpc) is 3.42. The number of carbonyl (C=O) groups is 1. The van der Waals surface area contributed by atoms with Crippen LogP contribution in [0.15, 0.2) is 48.8 Å². The molecule has 3 fully saturated rings. The molecular weight excluding hydrogens is 602 g/mol. The number of anilines is 2. The molecule has 1 spiro atoms. The Bertz CT molecular complexity index is 1800. The van der Waals surface area contributed by atoms with Gasteiger partial charge in [-0.1, -0.05) is 6.92 Å². The molecule has 1 aromatic carbocycles. The van der Waals surface area contributed by atoms with Gasteiger partial charge >= 0.3 is 0 Å². The number of ether oxygens (including phenoxy) is 2. The Morgan fingerprint density at radius 2 is 1.79 bits per heavy atom. The molecule has 0 radical (unpaired) electrons. The molecule has 2 unspecified atom stereocenters. The van der Waals surface area contributed by atoms with Crippen LogP contribution in [0.2, 0.25) is 0 Å². The quantitative estimate of drug-likeness (QED) is 0.269. The predicted octanol–water partition coefficient (Wildman–Crippen LogP) is 6.33. The summed E-state index contributed by atoms with van der Waals surface area (Å²) < 4.78 is 14.1. The zero-order chi connectivity index (χ0) is 32.8. The van der Waals surface area contributed by atoms with Gasteiger partial charge in [0, 0.05) is 49.0 Å². The largest absolute Gasteiger partial charge is 0.493 e. The molecule has 252 valence electrons. The van der Waals surface area contributed by atoms with E-state index in [0.29, 0.717) is 47.3 Å². The number of carbonyl (C=O) groups excluding carboxylic acids is 1. The van der Waals surface area contributed by atoms with Crippen LogP contribution >= 0.6 is 0 Å². The lowest BCUT2D eigenvalue weighted by molar-refractivity contribution is -0.136. The number of amides is 1. The molecule has 7 heterocycles. The number of rotatable bonds is 2. The summed E-state index contributed by atoms with van der Waals surface area (Å²) in [6.45, 7) is 13.2. The van der Waals surface area contributed by atoms with Gasteiger partial charge in [0.1, 0.15) is 5.75 Å². The molecule has 1 amide bonds. The van der Waals surface area contributed by atoms with Crippen molar-refractivity contribution >= 4 is 28.6 Å². The van der Waals surface area contributed by atoms with Crippen LogP contribution in [-0.2, 0) is 11.3 Å². The molecule has 8 rings (SSSR count). The van der Waals surface area contributed by atoms with Crippen LogP contribution in [0.5, 0.6) is 5.75 Å². The van der Waals surface area contributed by atoms with Crippen molar-refractivity contribution in [3.8, 4) is 17.0 Å². The fourth-order valence-electron chi connectivity index (χ4n) is 8.26. The monoisotopic (exact) mass is 649 g/mol. The Kier molecular flexibility index (Phi) is 8.32. The summed E-state index contributed by atoms with van der Waals surface area (Å²) in [5, 5.41) is 3.17. The molecule has 0 saturated carbocycles. The third kappa shape index (κ3) is 6.05. The maximum absolute atomic E-state index is 13.8. The second-order valence-electron chi connectivity index (χ2n) is 14.7. The number of piperidine rings is 2. The first kappa shape index (κ1) is 31.3. The van der Waals surface area contributed by atoms with Gasteiger partial charge in [-0.15, -0.1) is 0 Å². The smallest absolute Gasteiger partial charge is 0.258 e. The van der Waals surface area contributed by atoms with Crippen molar-refractivity contribution in [3.63, 3.8) is 0 Å². The number of nitrogens with one attached hydrogen (secondary N) is 1. The third-order valence-electron chi connectivity index (χ3n) is 11.4. The third-order valence-corrected chi connectivity index (χ3v) is 11.4. The minimum absolute atomic E-state index is 0.209. The molecule has 3 atom stereocenters. The molecule has 10 heteroatoms. The van der Waals surface area contributed by atoms with E-state index in [2.05, 4.69) is 56.7 Å².